The molecule has 1 amide bonds. The first-order valence-electron chi connectivity index (χ1n) is 12.5. The quantitative estimate of drug-likeness (QED) is 0.124. The molecule has 4 aromatic rings. The molecule has 0 saturated carbocycles. The van der Waals surface area contributed by atoms with Crippen LogP contribution in [0.2, 0.25) is 0 Å². The second-order valence-electron chi connectivity index (χ2n) is 9.00. The van der Waals surface area contributed by atoms with E-state index in [1.807, 2.05) is 6.92 Å². The lowest BCUT2D eigenvalue weighted by molar-refractivity contribution is -0.117. The summed E-state index contributed by atoms with van der Waals surface area (Å²) in [6, 6.07) is 12.4. The Morgan fingerprint density at radius 1 is 1.15 bits per heavy atom. The highest BCUT2D eigenvalue weighted by atomic mass is 32.2. The standard InChI is InChI=1S/C28H25FN4O4S3/c1-4-12-37-20-7-5-6-18(13-20)22-21(23(34)25-15(2)30-16(3)39-25)24(35)26(36)33(22)27-31-32-28(40-27)38-14-17-8-10-19(29)11-9-17/h5-11,13,22,35H,4,12,14H2,1-3H3. The van der Waals surface area contributed by atoms with Crippen molar-refractivity contribution in [3.05, 3.63) is 92.4 Å². The molecule has 0 saturated heterocycles. The Balaban J connectivity index is 1.51. The van der Waals surface area contributed by atoms with Crippen LogP contribution in [0.3, 0.4) is 0 Å². The van der Waals surface area contributed by atoms with Crippen LogP contribution in [0.25, 0.3) is 0 Å². The monoisotopic (exact) mass is 596 g/mol. The highest BCUT2D eigenvalue weighted by Gasteiger charge is 2.46. The van der Waals surface area contributed by atoms with E-state index in [9.17, 15) is 19.1 Å². The van der Waals surface area contributed by atoms with Crippen molar-refractivity contribution < 1.29 is 23.8 Å². The molecule has 0 radical (unpaired) electrons. The summed E-state index contributed by atoms with van der Waals surface area (Å²) < 4.78 is 19.6. The lowest BCUT2D eigenvalue weighted by atomic mass is 9.95. The van der Waals surface area contributed by atoms with Gasteiger partial charge < -0.3 is 9.84 Å². The average Bonchev–Trinajstić information content (AvgIpc) is 3.62. The minimum atomic E-state index is -0.949. The number of halogens is 1. The second kappa shape index (κ2) is 11.9. The van der Waals surface area contributed by atoms with Crippen molar-refractivity contribution in [1.29, 1.82) is 0 Å². The third-order valence-electron chi connectivity index (χ3n) is 6.09. The van der Waals surface area contributed by atoms with Gasteiger partial charge in [0.15, 0.2) is 10.1 Å². The fraction of sp³-hybridized carbons (Fsp3) is 0.250. The lowest BCUT2D eigenvalue weighted by Crippen LogP contribution is -2.31. The summed E-state index contributed by atoms with van der Waals surface area (Å²) in [7, 11) is 0. The fourth-order valence-corrected chi connectivity index (χ4v) is 6.99. The van der Waals surface area contributed by atoms with Gasteiger partial charge in [0.25, 0.3) is 5.91 Å². The van der Waals surface area contributed by atoms with Crippen LogP contribution in [0, 0.1) is 19.7 Å². The van der Waals surface area contributed by atoms with Crippen LogP contribution in [-0.4, -0.2) is 38.6 Å². The van der Waals surface area contributed by atoms with E-state index in [0.717, 1.165) is 12.0 Å². The minimum Gasteiger partial charge on any atom is -0.503 e. The predicted octanol–water partition coefficient (Wildman–Crippen LogP) is 6.61. The van der Waals surface area contributed by atoms with Gasteiger partial charge >= 0.3 is 0 Å². The van der Waals surface area contributed by atoms with E-state index < -0.39 is 23.5 Å². The number of hydrogen-bond acceptors (Lipinski definition) is 10. The van der Waals surface area contributed by atoms with Crippen molar-refractivity contribution in [2.24, 2.45) is 0 Å². The molecule has 1 atom stereocenters. The van der Waals surface area contributed by atoms with Gasteiger partial charge in [-0.15, -0.1) is 21.5 Å². The van der Waals surface area contributed by atoms with Crippen molar-refractivity contribution in [3.63, 3.8) is 0 Å². The largest absolute Gasteiger partial charge is 0.503 e. The number of nitrogens with zero attached hydrogens (tertiary/aromatic N) is 4. The van der Waals surface area contributed by atoms with Gasteiger partial charge in [-0.05, 0) is 55.7 Å². The molecule has 3 heterocycles. The maximum atomic E-state index is 13.8. The Bertz CT molecular complexity index is 1600. The Kier molecular flexibility index (Phi) is 8.29. The molecule has 0 aliphatic carbocycles. The molecule has 12 heteroatoms. The molecule has 5 rings (SSSR count). The van der Waals surface area contributed by atoms with Gasteiger partial charge in [-0.2, -0.15) is 0 Å². The van der Waals surface area contributed by atoms with E-state index >= 15 is 0 Å². The van der Waals surface area contributed by atoms with Crippen molar-refractivity contribution in [2.45, 2.75) is 43.3 Å². The smallest absolute Gasteiger partial charge is 0.296 e. The molecule has 1 aliphatic heterocycles. The number of rotatable bonds is 10. The molecule has 40 heavy (non-hydrogen) atoms. The Morgan fingerprint density at radius 3 is 2.62 bits per heavy atom. The van der Waals surface area contributed by atoms with Gasteiger partial charge in [0.05, 0.1) is 33.8 Å². The second-order valence-corrected chi connectivity index (χ2v) is 12.4. The molecular weight excluding hydrogens is 572 g/mol. The number of aliphatic hydroxyl groups is 1. The number of thioether (sulfide) groups is 1. The zero-order valence-corrected chi connectivity index (χ0v) is 24.3. The van der Waals surface area contributed by atoms with Gasteiger partial charge in [-0.3, -0.25) is 14.5 Å². The highest BCUT2D eigenvalue weighted by molar-refractivity contribution is 8.00. The summed E-state index contributed by atoms with van der Waals surface area (Å²) in [4.78, 5) is 33.4. The van der Waals surface area contributed by atoms with Crippen molar-refractivity contribution in [3.8, 4) is 5.75 Å². The minimum absolute atomic E-state index is 0.0416. The zero-order valence-electron chi connectivity index (χ0n) is 21.9. The van der Waals surface area contributed by atoms with E-state index in [2.05, 4.69) is 15.2 Å². The van der Waals surface area contributed by atoms with Crippen LogP contribution in [0.1, 0.15) is 50.9 Å². The van der Waals surface area contributed by atoms with Gasteiger partial charge in [0, 0.05) is 5.75 Å². The third kappa shape index (κ3) is 5.65. The first-order valence-corrected chi connectivity index (χ1v) is 15.1. The number of carbonyl (C=O) groups excluding carboxylic acids is 2. The third-order valence-corrected chi connectivity index (χ3v) is 9.29. The number of aromatic nitrogens is 3. The van der Waals surface area contributed by atoms with Gasteiger partial charge in [-0.25, -0.2) is 9.37 Å². The number of anilines is 1. The summed E-state index contributed by atoms with van der Waals surface area (Å²) in [5.74, 6) is -1.02. The number of benzene rings is 2. The molecule has 2 aromatic heterocycles. The first-order chi connectivity index (χ1) is 19.3. The molecule has 2 aromatic carbocycles. The molecule has 1 N–H and O–H groups in total. The number of ketones is 1. The van der Waals surface area contributed by atoms with Crippen LogP contribution in [-0.2, 0) is 10.5 Å². The number of aliphatic hydroxyl groups excluding tert-OH is 1. The van der Waals surface area contributed by atoms with Crippen LogP contribution in [0.5, 0.6) is 5.75 Å². The number of thiazole rings is 1. The fourth-order valence-electron chi connectivity index (χ4n) is 4.29. The first kappa shape index (κ1) is 27.9. The van der Waals surface area contributed by atoms with E-state index in [-0.39, 0.29) is 16.5 Å². The number of carbonyl (C=O) groups is 2. The zero-order chi connectivity index (χ0) is 28.4. The topological polar surface area (TPSA) is 106 Å². The predicted molar refractivity (Wildman–Crippen MR) is 154 cm³/mol. The number of aryl methyl sites for hydroxylation is 2. The van der Waals surface area contributed by atoms with E-state index in [1.54, 1.807) is 50.2 Å². The summed E-state index contributed by atoms with van der Waals surface area (Å²) in [6.07, 6.45) is 0.815. The summed E-state index contributed by atoms with van der Waals surface area (Å²) >= 11 is 3.78. The summed E-state index contributed by atoms with van der Waals surface area (Å²) in [5.41, 5.74) is 1.99. The van der Waals surface area contributed by atoms with E-state index in [0.29, 0.717) is 43.6 Å². The number of ether oxygens (including phenoxy) is 1. The average molecular weight is 597 g/mol. The molecular formula is C28H25FN4O4S3. The van der Waals surface area contributed by atoms with Gasteiger partial charge in [0.2, 0.25) is 10.9 Å². The SMILES string of the molecule is CCCOc1cccc(C2C(C(=O)c3sc(C)nc3C)=C(O)C(=O)N2c2nnc(SCc3ccc(F)cc3)s2)c1. The van der Waals surface area contributed by atoms with E-state index in [4.69, 9.17) is 4.74 Å². The molecule has 8 nitrogen and oxygen atoms in total. The van der Waals surface area contributed by atoms with Gasteiger partial charge in [0.1, 0.15) is 11.6 Å². The van der Waals surface area contributed by atoms with Crippen LogP contribution in [0.4, 0.5) is 9.52 Å². The Hall–Kier alpha value is -3.61. The molecule has 1 unspecified atom stereocenters. The molecule has 0 fully saturated rings. The maximum Gasteiger partial charge on any atom is 0.296 e. The summed E-state index contributed by atoms with van der Waals surface area (Å²) in [5, 5.41) is 20.5. The lowest BCUT2D eigenvalue weighted by Gasteiger charge is -2.24. The van der Waals surface area contributed by atoms with Crippen LogP contribution in [0.15, 0.2) is 64.2 Å². The highest BCUT2D eigenvalue weighted by Crippen LogP contribution is 2.45. The molecule has 206 valence electrons. The Morgan fingerprint density at radius 2 is 1.93 bits per heavy atom. The number of amides is 1. The van der Waals surface area contributed by atoms with Crippen molar-refractivity contribution >= 4 is 51.3 Å². The summed E-state index contributed by atoms with van der Waals surface area (Å²) in [6.45, 7) is 6.03. The van der Waals surface area contributed by atoms with Crippen LogP contribution < -0.4 is 9.64 Å². The maximum absolute atomic E-state index is 13.8. The van der Waals surface area contributed by atoms with Crippen molar-refractivity contribution in [1.82, 2.24) is 15.2 Å². The number of Topliss-reactive ketones (excluding diaryl/α,β-unsaturated/α-hetero) is 1. The van der Waals surface area contributed by atoms with Gasteiger partial charge in [-0.1, -0.05) is 54.3 Å². The molecule has 0 bridgehead atoms. The molecule has 1 aliphatic rings. The van der Waals surface area contributed by atoms with E-state index in [1.165, 1.54) is 51.5 Å². The Labute approximate surface area is 242 Å². The number of hydrogen-bond donors (Lipinski definition) is 1. The normalized spacial score (nSPS) is 15.2. The van der Waals surface area contributed by atoms with Crippen LogP contribution >= 0.6 is 34.4 Å². The molecule has 0 spiro atoms. The van der Waals surface area contributed by atoms with Crippen molar-refractivity contribution in [2.75, 3.05) is 11.5 Å².